The number of fused-ring (bicyclic) bond motifs is 1. The van der Waals surface area contributed by atoms with Crippen molar-refractivity contribution in [3.8, 4) is 11.1 Å². The van der Waals surface area contributed by atoms with Crippen LogP contribution in [0, 0.1) is 0 Å². The molecule has 0 amide bonds. The van der Waals surface area contributed by atoms with E-state index in [2.05, 4.69) is 14.1 Å². The van der Waals surface area contributed by atoms with E-state index in [-0.39, 0.29) is 24.6 Å². The summed E-state index contributed by atoms with van der Waals surface area (Å²) in [6.45, 7) is 1.44. The summed E-state index contributed by atoms with van der Waals surface area (Å²) in [7, 11) is 1.72. The molecule has 1 fully saturated rings. The average molecular weight is 500 g/mol. The van der Waals surface area contributed by atoms with Crippen LogP contribution in [0.5, 0.6) is 0 Å². The number of pyridine rings is 1. The molecule has 10 nitrogen and oxygen atoms in total. The van der Waals surface area contributed by atoms with Gasteiger partial charge >= 0.3 is 11.9 Å². The van der Waals surface area contributed by atoms with Gasteiger partial charge < -0.3 is 19.3 Å². The monoisotopic (exact) mass is 499 g/mol. The fraction of sp³-hybridized carbons (Fsp3) is 0.333. The lowest BCUT2D eigenvalue weighted by atomic mass is 10.0. The molecule has 3 heterocycles. The topological polar surface area (TPSA) is 120 Å². The zero-order valence-electron chi connectivity index (χ0n) is 19.1. The van der Waals surface area contributed by atoms with E-state index < -0.39 is 18.7 Å². The number of nitrogens with zero attached hydrogens (tertiary/aromatic N) is 3. The number of carbonyl (C=O) groups excluding carboxylic acids is 2. The Kier molecular flexibility index (Phi) is 8.01. The molecule has 2 aromatic heterocycles. The largest absolute Gasteiger partial charge is 0.478 e. The smallest absolute Gasteiger partial charge is 0.335 e. The molecule has 0 bridgehead atoms. The number of ether oxygens (including phenoxy) is 3. The molecule has 1 aliphatic heterocycles. The Hall–Kier alpha value is -3.41. The first-order chi connectivity index (χ1) is 17.0. The molecule has 1 N–H and O–H groups in total. The summed E-state index contributed by atoms with van der Waals surface area (Å²) >= 11 is 1.54. The van der Waals surface area contributed by atoms with Gasteiger partial charge in [-0.1, -0.05) is 6.07 Å². The molecular weight excluding hydrogens is 474 g/mol. The highest BCUT2D eigenvalue weighted by atomic mass is 32.2. The Labute approximate surface area is 205 Å². The lowest BCUT2D eigenvalue weighted by Crippen LogP contribution is -2.32. The molecule has 0 spiro atoms. The van der Waals surface area contributed by atoms with Gasteiger partial charge in [-0.25, -0.2) is 13.6 Å². The van der Waals surface area contributed by atoms with Crippen molar-refractivity contribution in [3.05, 3.63) is 53.9 Å². The molecule has 35 heavy (non-hydrogen) atoms. The van der Waals surface area contributed by atoms with Gasteiger partial charge in [-0.15, -0.1) is 0 Å². The molecule has 0 radical (unpaired) electrons. The van der Waals surface area contributed by atoms with Crippen LogP contribution in [0.3, 0.4) is 0 Å². The Morgan fingerprint density at radius 3 is 2.74 bits per heavy atom. The second kappa shape index (κ2) is 11.3. The standard InChI is InChI=1S/C24H25N3O7S/c1-32-19-5-7-26(8-6-19)35-22-11-17(24(30)31)2-3-20(22)16-4-9-27-21(10-16)18(13-25-27)12-23(29)34-15-33-14-28/h2-4,9-11,13-14,19H,5-8,12,15H2,1H3,(H,30,31). The fourth-order valence-corrected chi connectivity index (χ4v) is 5.07. The summed E-state index contributed by atoms with van der Waals surface area (Å²) in [6.07, 6.45) is 5.41. The maximum Gasteiger partial charge on any atom is 0.335 e. The van der Waals surface area contributed by atoms with Crippen LogP contribution in [-0.4, -0.2) is 70.5 Å². The van der Waals surface area contributed by atoms with Crippen molar-refractivity contribution in [1.82, 2.24) is 13.9 Å². The van der Waals surface area contributed by atoms with Crippen molar-refractivity contribution in [2.45, 2.75) is 30.3 Å². The van der Waals surface area contributed by atoms with Gasteiger partial charge in [-0.2, -0.15) is 5.10 Å². The van der Waals surface area contributed by atoms with E-state index in [0.29, 0.717) is 5.56 Å². The Morgan fingerprint density at radius 1 is 1.23 bits per heavy atom. The number of carboxylic acid groups (broad SMARTS) is 1. The minimum absolute atomic E-state index is 0.0385. The molecule has 0 atom stereocenters. The van der Waals surface area contributed by atoms with Gasteiger partial charge in [0.05, 0.1) is 29.8 Å². The van der Waals surface area contributed by atoms with Crippen LogP contribution in [0.2, 0.25) is 0 Å². The molecule has 1 saturated heterocycles. The number of hydrogen-bond donors (Lipinski definition) is 1. The fourth-order valence-electron chi connectivity index (χ4n) is 3.94. The highest BCUT2D eigenvalue weighted by Crippen LogP contribution is 2.36. The van der Waals surface area contributed by atoms with Crippen molar-refractivity contribution < 1.29 is 33.7 Å². The van der Waals surface area contributed by atoms with Crippen molar-refractivity contribution in [2.24, 2.45) is 0 Å². The van der Waals surface area contributed by atoms with Gasteiger partial charge in [0.15, 0.2) is 0 Å². The van der Waals surface area contributed by atoms with Gasteiger partial charge in [0.1, 0.15) is 0 Å². The maximum atomic E-state index is 12.1. The lowest BCUT2D eigenvalue weighted by Gasteiger charge is -2.30. The maximum absolute atomic E-state index is 12.1. The van der Waals surface area contributed by atoms with Crippen LogP contribution in [0.1, 0.15) is 28.8 Å². The number of methoxy groups -OCH3 is 1. The molecular formula is C24H25N3O7S. The summed E-state index contributed by atoms with van der Waals surface area (Å²) in [5.74, 6) is -1.53. The first-order valence-electron chi connectivity index (χ1n) is 11.0. The predicted molar refractivity (Wildman–Crippen MR) is 127 cm³/mol. The zero-order chi connectivity index (χ0) is 24.8. The lowest BCUT2D eigenvalue weighted by molar-refractivity contribution is -0.159. The number of aromatic carboxylic acids is 1. The summed E-state index contributed by atoms with van der Waals surface area (Å²) in [4.78, 5) is 34.8. The number of aromatic nitrogens is 2. The molecule has 3 aromatic rings. The van der Waals surface area contributed by atoms with Crippen LogP contribution in [0.25, 0.3) is 16.6 Å². The van der Waals surface area contributed by atoms with Crippen LogP contribution in [-0.2, 0) is 30.2 Å². The quantitative estimate of drug-likeness (QED) is 0.147. The molecule has 11 heteroatoms. The summed E-state index contributed by atoms with van der Waals surface area (Å²) in [5.41, 5.74) is 3.33. The number of rotatable bonds is 10. The van der Waals surface area contributed by atoms with Gasteiger partial charge in [-0.05, 0) is 60.2 Å². The molecule has 0 unspecified atom stereocenters. The third-order valence-electron chi connectivity index (χ3n) is 5.79. The molecule has 4 rings (SSSR count). The van der Waals surface area contributed by atoms with Crippen molar-refractivity contribution in [2.75, 3.05) is 27.0 Å². The average Bonchev–Trinajstić information content (AvgIpc) is 3.26. The van der Waals surface area contributed by atoms with Crippen LogP contribution in [0.4, 0.5) is 0 Å². The first-order valence-corrected chi connectivity index (χ1v) is 11.8. The van der Waals surface area contributed by atoms with E-state index in [4.69, 9.17) is 9.47 Å². The molecule has 0 saturated carbocycles. The van der Waals surface area contributed by atoms with Crippen LogP contribution in [0.15, 0.2) is 47.6 Å². The number of carboxylic acids is 1. The second-order valence-electron chi connectivity index (χ2n) is 7.96. The minimum Gasteiger partial charge on any atom is -0.478 e. The Morgan fingerprint density at radius 2 is 2.03 bits per heavy atom. The number of carbonyl (C=O) groups is 3. The number of piperidine rings is 1. The highest BCUT2D eigenvalue weighted by molar-refractivity contribution is 7.97. The van der Waals surface area contributed by atoms with Gasteiger partial charge in [0.25, 0.3) is 6.47 Å². The van der Waals surface area contributed by atoms with E-state index >= 15 is 0 Å². The highest BCUT2D eigenvalue weighted by Gasteiger charge is 2.22. The van der Waals surface area contributed by atoms with E-state index in [1.165, 1.54) is 11.9 Å². The summed E-state index contributed by atoms with van der Waals surface area (Å²) in [5, 5.41) is 13.8. The van der Waals surface area contributed by atoms with Crippen LogP contribution < -0.4 is 0 Å². The minimum atomic E-state index is -0.984. The van der Waals surface area contributed by atoms with Gasteiger partial charge in [0, 0.05) is 36.9 Å². The Balaban J connectivity index is 1.62. The second-order valence-corrected chi connectivity index (χ2v) is 9.10. The SMILES string of the molecule is COC1CCN(Sc2cc(C(=O)O)ccc2-c2ccn3ncc(CC(=O)OCOC=O)c3c2)CC1. The number of esters is 1. The van der Waals surface area contributed by atoms with E-state index in [0.717, 1.165) is 47.5 Å². The van der Waals surface area contributed by atoms with Crippen molar-refractivity contribution in [3.63, 3.8) is 0 Å². The number of benzene rings is 1. The summed E-state index contributed by atoms with van der Waals surface area (Å²) < 4.78 is 18.6. The summed E-state index contributed by atoms with van der Waals surface area (Å²) in [6, 6.07) is 8.90. The van der Waals surface area contributed by atoms with Crippen molar-refractivity contribution >= 4 is 35.9 Å². The normalized spacial score (nSPS) is 14.7. The molecule has 184 valence electrons. The first kappa shape index (κ1) is 24.7. The predicted octanol–water partition coefficient (Wildman–Crippen LogP) is 3.03. The van der Waals surface area contributed by atoms with Crippen LogP contribution >= 0.6 is 11.9 Å². The van der Waals surface area contributed by atoms with Gasteiger partial charge in [-0.3, -0.25) is 9.59 Å². The third kappa shape index (κ3) is 5.99. The Bertz CT molecular complexity index is 1220. The van der Waals surface area contributed by atoms with Gasteiger partial charge in [0.2, 0.25) is 6.79 Å². The third-order valence-corrected chi connectivity index (χ3v) is 6.95. The van der Waals surface area contributed by atoms with E-state index in [1.54, 1.807) is 42.2 Å². The zero-order valence-corrected chi connectivity index (χ0v) is 19.9. The van der Waals surface area contributed by atoms with E-state index in [1.807, 2.05) is 12.1 Å². The molecule has 1 aliphatic rings. The van der Waals surface area contributed by atoms with Crippen molar-refractivity contribution in [1.29, 1.82) is 0 Å². The number of hydrogen-bond acceptors (Lipinski definition) is 9. The van der Waals surface area contributed by atoms with E-state index in [9.17, 15) is 19.5 Å². The molecule has 0 aliphatic carbocycles. The molecule has 1 aromatic carbocycles.